The summed E-state index contributed by atoms with van der Waals surface area (Å²) in [6, 6.07) is 15.7. The minimum absolute atomic E-state index is 0. The molecule has 2 aromatic rings. The van der Waals surface area contributed by atoms with Gasteiger partial charge in [-0.1, -0.05) is 24.3 Å². The molecule has 0 aliphatic carbocycles. The van der Waals surface area contributed by atoms with E-state index in [0.29, 0.717) is 13.0 Å². The highest BCUT2D eigenvalue weighted by atomic mass is 35.5. The Labute approximate surface area is 172 Å². The maximum Gasteiger partial charge on any atom is 0.225 e. The Hall–Kier alpha value is -2.28. The third kappa shape index (κ3) is 5.61. The topological polar surface area (TPSA) is 62.8 Å². The number of piperazine rings is 1. The summed E-state index contributed by atoms with van der Waals surface area (Å²) >= 11 is 0. The first-order valence-electron chi connectivity index (χ1n) is 9.23. The number of nitrogens with zero attached hydrogens (tertiary/aromatic N) is 1. The van der Waals surface area contributed by atoms with Crippen molar-refractivity contribution in [2.75, 3.05) is 45.7 Å². The average molecular weight is 406 g/mol. The van der Waals surface area contributed by atoms with Crippen LogP contribution in [-0.2, 0) is 4.79 Å². The van der Waals surface area contributed by atoms with E-state index in [0.717, 1.165) is 42.4 Å². The SMILES string of the molecule is COc1cccc(NC(=O)CCN2CCNCC2c2ccccc2OC)c1.Cl. The molecule has 1 aliphatic heterocycles. The number of carbonyl (C=O) groups is 1. The fraction of sp³-hybridized carbons (Fsp3) is 0.381. The zero-order valence-electron chi connectivity index (χ0n) is 16.3. The molecular weight excluding hydrogens is 378 g/mol. The van der Waals surface area contributed by atoms with Crippen molar-refractivity contribution in [3.05, 3.63) is 54.1 Å². The largest absolute Gasteiger partial charge is 0.497 e. The molecule has 1 heterocycles. The standard InChI is InChI=1S/C21H27N3O3.ClH/c1-26-17-7-5-6-16(14-17)23-21(25)10-12-24-13-11-22-15-19(24)18-8-3-4-9-20(18)27-2;/h3-9,14,19,22H,10-13,15H2,1-2H3,(H,23,25);1H. The fourth-order valence-corrected chi connectivity index (χ4v) is 3.43. The number of anilines is 1. The second kappa shape index (κ2) is 10.9. The number of para-hydroxylation sites is 1. The van der Waals surface area contributed by atoms with E-state index in [1.165, 1.54) is 0 Å². The lowest BCUT2D eigenvalue weighted by atomic mass is 10.0. The second-order valence-electron chi connectivity index (χ2n) is 6.53. The van der Waals surface area contributed by atoms with Gasteiger partial charge in [0.25, 0.3) is 0 Å². The minimum Gasteiger partial charge on any atom is -0.497 e. The van der Waals surface area contributed by atoms with Gasteiger partial charge in [-0.25, -0.2) is 0 Å². The van der Waals surface area contributed by atoms with Gasteiger partial charge in [-0.2, -0.15) is 0 Å². The quantitative estimate of drug-likeness (QED) is 0.741. The van der Waals surface area contributed by atoms with Gasteiger partial charge < -0.3 is 20.1 Å². The zero-order valence-corrected chi connectivity index (χ0v) is 17.1. The van der Waals surface area contributed by atoms with Crippen molar-refractivity contribution in [2.45, 2.75) is 12.5 Å². The van der Waals surface area contributed by atoms with Crippen LogP contribution in [0.15, 0.2) is 48.5 Å². The fourth-order valence-electron chi connectivity index (χ4n) is 3.43. The molecule has 0 aromatic heterocycles. The van der Waals surface area contributed by atoms with Gasteiger partial charge in [0.2, 0.25) is 5.91 Å². The van der Waals surface area contributed by atoms with Crippen molar-refractivity contribution < 1.29 is 14.3 Å². The maximum atomic E-state index is 12.4. The summed E-state index contributed by atoms with van der Waals surface area (Å²) in [5.41, 5.74) is 1.90. The van der Waals surface area contributed by atoms with Gasteiger partial charge in [-0.05, 0) is 18.2 Å². The van der Waals surface area contributed by atoms with Crippen LogP contribution in [0.25, 0.3) is 0 Å². The van der Waals surface area contributed by atoms with Crippen LogP contribution in [0.2, 0.25) is 0 Å². The van der Waals surface area contributed by atoms with E-state index in [4.69, 9.17) is 9.47 Å². The highest BCUT2D eigenvalue weighted by molar-refractivity contribution is 5.91. The summed E-state index contributed by atoms with van der Waals surface area (Å²) in [7, 11) is 3.31. The van der Waals surface area contributed by atoms with Crippen molar-refractivity contribution in [3.63, 3.8) is 0 Å². The van der Waals surface area contributed by atoms with Gasteiger partial charge in [0.05, 0.1) is 20.3 Å². The molecule has 1 unspecified atom stereocenters. The lowest BCUT2D eigenvalue weighted by Gasteiger charge is -2.37. The molecule has 1 amide bonds. The van der Waals surface area contributed by atoms with Gasteiger partial charge in [-0.15, -0.1) is 12.4 Å². The van der Waals surface area contributed by atoms with Crippen molar-refractivity contribution in [3.8, 4) is 11.5 Å². The molecule has 1 aliphatic rings. The third-order valence-electron chi connectivity index (χ3n) is 4.83. The van der Waals surface area contributed by atoms with E-state index in [1.807, 2.05) is 42.5 Å². The molecular formula is C21H28ClN3O3. The van der Waals surface area contributed by atoms with Gasteiger partial charge >= 0.3 is 0 Å². The summed E-state index contributed by atoms with van der Waals surface area (Å²) in [4.78, 5) is 14.7. The Balaban J connectivity index is 0.00000280. The predicted molar refractivity (Wildman–Crippen MR) is 114 cm³/mol. The molecule has 1 saturated heterocycles. The van der Waals surface area contributed by atoms with Crippen LogP contribution >= 0.6 is 12.4 Å². The average Bonchev–Trinajstić information content (AvgIpc) is 2.72. The molecule has 152 valence electrons. The smallest absolute Gasteiger partial charge is 0.225 e. The van der Waals surface area contributed by atoms with E-state index < -0.39 is 0 Å². The van der Waals surface area contributed by atoms with E-state index in [2.05, 4.69) is 21.6 Å². The number of halogens is 1. The second-order valence-corrected chi connectivity index (χ2v) is 6.53. The van der Waals surface area contributed by atoms with Crippen molar-refractivity contribution >= 4 is 24.0 Å². The number of nitrogens with one attached hydrogen (secondary N) is 2. The van der Waals surface area contributed by atoms with Crippen LogP contribution in [0, 0.1) is 0 Å². The molecule has 2 N–H and O–H groups in total. The Morgan fingerprint density at radius 3 is 2.79 bits per heavy atom. The van der Waals surface area contributed by atoms with Crippen LogP contribution < -0.4 is 20.1 Å². The third-order valence-corrected chi connectivity index (χ3v) is 4.83. The predicted octanol–water partition coefficient (Wildman–Crippen LogP) is 3.10. The first-order valence-corrected chi connectivity index (χ1v) is 9.23. The Bertz CT molecular complexity index is 772. The molecule has 6 nitrogen and oxygen atoms in total. The lowest BCUT2D eigenvalue weighted by Crippen LogP contribution is -2.46. The number of ether oxygens (including phenoxy) is 2. The first-order chi connectivity index (χ1) is 13.2. The molecule has 0 spiro atoms. The highest BCUT2D eigenvalue weighted by Gasteiger charge is 2.26. The Morgan fingerprint density at radius 1 is 1.18 bits per heavy atom. The summed E-state index contributed by atoms with van der Waals surface area (Å²) in [6.07, 6.45) is 0.433. The van der Waals surface area contributed by atoms with E-state index in [-0.39, 0.29) is 24.4 Å². The van der Waals surface area contributed by atoms with Crippen LogP contribution in [0.5, 0.6) is 11.5 Å². The van der Waals surface area contributed by atoms with Gasteiger partial charge in [0, 0.05) is 49.9 Å². The van der Waals surface area contributed by atoms with E-state index in [9.17, 15) is 4.79 Å². The number of hydrogen-bond donors (Lipinski definition) is 2. The van der Waals surface area contributed by atoms with Gasteiger partial charge in [0.15, 0.2) is 0 Å². The van der Waals surface area contributed by atoms with Gasteiger partial charge in [-0.3, -0.25) is 9.69 Å². The van der Waals surface area contributed by atoms with Crippen LogP contribution in [0.4, 0.5) is 5.69 Å². The molecule has 0 radical (unpaired) electrons. The number of rotatable bonds is 7. The van der Waals surface area contributed by atoms with Crippen LogP contribution in [-0.4, -0.2) is 51.2 Å². The lowest BCUT2D eigenvalue weighted by molar-refractivity contribution is -0.116. The van der Waals surface area contributed by atoms with E-state index >= 15 is 0 Å². The number of methoxy groups -OCH3 is 2. The number of amides is 1. The van der Waals surface area contributed by atoms with Crippen LogP contribution in [0.1, 0.15) is 18.0 Å². The maximum absolute atomic E-state index is 12.4. The monoisotopic (exact) mass is 405 g/mol. The minimum atomic E-state index is 0. The number of carbonyl (C=O) groups excluding carboxylic acids is 1. The molecule has 2 aromatic carbocycles. The molecule has 3 rings (SSSR count). The molecule has 28 heavy (non-hydrogen) atoms. The summed E-state index contributed by atoms with van der Waals surface area (Å²) in [5.74, 6) is 1.61. The van der Waals surface area contributed by atoms with Crippen LogP contribution in [0.3, 0.4) is 0 Å². The summed E-state index contributed by atoms with van der Waals surface area (Å²) in [6.45, 7) is 3.36. The molecule has 1 atom stereocenters. The normalized spacial score (nSPS) is 16.7. The van der Waals surface area contributed by atoms with Crippen molar-refractivity contribution in [2.24, 2.45) is 0 Å². The summed E-state index contributed by atoms with van der Waals surface area (Å²) in [5, 5.41) is 6.39. The molecule has 1 fully saturated rings. The van der Waals surface area contributed by atoms with Crippen molar-refractivity contribution in [1.82, 2.24) is 10.2 Å². The number of benzene rings is 2. The first kappa shape index (κ1) is 22.0. The van der Waals surface area contributed by atoms with Crippen molar-refractivity contribution in [1.29, 1.82) is 0 Å². The molecule has 7 heteroatoms. The van der Waals surface area contributed by atoms with E-state index in [1.54, 1.807) is 14.2 Å². The zero-order chi connectivity index (χ0) is 19.1. The number of hydrogen-bond acceptors (Lipinski definition) is 5. The highest BCUT2D eigenvalue weighted by Crippen LogP contribution is 2.30. The molecule has 0 bridgehead atoms. The molecule has 0 saturated carbocycles. The Kier molecular flexibility index (Phi) is 8.57. The summed E-state index contributed by atoms with van der Waals surface area (Å²) < 4.78 is 10.7. The van der Waals surface area contributed by atoms with Gasteiger partial charge in [0.1, 0.15) is 11.5 Å². The Morgan fingerprint density at radius 2 is 2.00 bits per heavy atom.